The lowest BCUT2D eigenvalue weighted by molar-refractivity contribution is 1.09. The van der Waals surface area contributed by atoms with Crippen LogP contribution < -0.4 is 4.80 Å². The predicted molar refractivity (Wildman–Crippen MR) is 87.7 cm³/mol. The van der Waals surface area contributed by atoms with E-state index in [2.05, 4.69) is 21.1 Å². The molecule has 0 bridgehead atoms. The van der Waals surface area contributed by atoms with Crippen molar-refractivity contribution in [2.45, 2.75) is 0 Å². The van der Waals surface area contributed by atoms with Gasteiger partial charge in [-0.25, -0.2) is 8.95 Å². The molecule has 0 saturated carbocycles. The van der Waals surface area contributed by atoms with Gasteiger partial charge in [-0.05, 0) is 34.6 Å². The third-order valence-electron chi connectivity index (χ3n) is 2.33. The highest BCUT2D eigenvalue weighted by Gasteiger charge is 2.02. The van der Waals surface area contributed by atoms with Gasteiger partial charge in [0.15, 0.2) is 0 Å². The second-order valence-corrected chi connectivity index (χ2v) is 5.51. The number of benzene rings is 2. The van der Waals surface area contributed by atoms with Crippen LogP contribution in [0.2, 0.25) is 0 Å². The number of rotatable bonds is 2. The normalized spacial score (nSPS) is 10.6. The highest BCUT2D eigenvalue weighted by Crippen LogP contribution is 2.15. The van der Waals surface area contributed by atoms with E-state index in [0.717, 1.165) is 10.5 Å². The summed E-state index contributed by atoms with van der Waals surface area (Å²) in [6.45, 7) is 0. The third kappa shape index (κ3) is 3.70. The Morgan fingerprint density at radius 2 is 1.37 bits per heavy atom. The van der Waals surface area contributed by atoms with Gasteiger partial charge in [0.2, 0.25) is 4.80 Å². The molecular weight excluding hydrogens is 319 g/mol. The molecule has 0 aliphatic heterocycles. The molecule has 2 nitrogen and oxygen atoms in total. The standard InChI is InChI=1S/C13H10N2S2.2ClH/c1-3-7-11(8-4-1)14-13-15(17-16-13)12-9-5-2-6-10-12;;/h1-10H;2*1H. The summed E-state index contributed by atoms with van der Waals surface area (Å²) in [7, 11) is 3.40. The van der Waals surface area contributed by atoms with Crippen LogP contribution in [0, 0.1) is 0 Å². The Bertz CT molecular complexity index is 657. The number of aromatic nitrogens is 1. The van der Waals surface area contributed by atoms with E-state index in [0.29, 0.717) is 0 Å². The van der Waals surface area contributed by atoms with Crippen LogP contribution in [0.15, 0.2) is 65.7 Å². The molecule has 0 fully saturated rings. The SMILES string of the molecule is Cl.Cl.c1ccc(N=c2ssn2-c2ccccc2)cc1. The summed E-state index contributed by atoms with van der Waals surface area (Å²) < 4.78 is 2.14. The largest absolute Gasteiger partial charge is 0.231 e. The first-order valence-electron chi connectivity index (χ1n) is 5.27. The highest BCUT2D eigenvalue weighted by atomic mass is 35.5. The number of nitrogens with zero attached hydrogens (tertiary/aromatic N) is 2. The Labute approximate surface area is 131 Å². The zero-order valence-corrected chi connectivity index (χ0v) is 13.1. The molecular formula is C13H12Cl2N2S2. The maximum atomic E-state index is 4.61. The van der Waals surface area contributed by atoms with Gasteiger partial charge >= 0.3 is 0 Å². The molecule has 100 valence electrons. The van der Waals surface area contributed by atoms with E-state index < -0.39 is 0 Å². The van der Waals surface area contributed by atoms with Crippen molar-refractivity contribution in [1.82, 2.24) is 3.96 Å². The molecule has 0 radical (unpaired) electrons. The van der Waals surface area contributed by atoms with Crippen molar-refractivity contribution < 1.29 is 0 Å². The Kier molecular flexibility index (Phi) is 6.31. The summed E-state index contributed by atoms with van der Waals surface area (Å²) in [5, 5.41) is 0. The van der Waals surface area contributed by atoms with Crippen LogP contribution in [0.5, 0.6) is 0 Å². The van der Waals surface area contributed by atoms with Gasteiger partial charge < -0.3 is 0 Å². The maximum Gasteiger partial charge on any atom is 0.216 e. The summed E-state index contributed by atoms with van der Waals surface area (Å²) >= 11 is 0. The van der Waals surface area contributed by atoms with Gasteiger partial charge in [0, 0.05) is 10.5 Å². The van der Waals surface area contributed by atoms with Crippen molar-refractivity contribution >= 4 is 51.4 Å². The Morgan fingerprint density at radius 1 is 0.789 bits per heavy atom. The lowest BCUT2D eigenvalue weighted by Crippen LogP contribution is -2.16. The van der Waals surface area contributed by atoms with Gasteiger partial charge in [-0.15, -0.1) is 24.8 Å². The summed E-state index contributed by atoms with van der Waals surface area (Å²) in [5.41, 5.74) is 2.17. The van der Waals surface area contributed by atoms with Crippen molar-refractivity contribution in [3.05, 3.63) is 65.5 Å². The zero-order chi connectivity index (χ0) is 11.5. The molecule has 0 N–H and O–H groups in total. The Morgan fingerprint density at radius 3 is 1.89 bits per heavy atom. The monoisotopic (exact) mass is 330 g/mol. The van der Waals surface area contributed by atoms with Crippen LogP contribution in [0.25, 0.3) is 5.69 Å². The number of halogens is 2. The second-order valence-electron chi connectivity index (χ2n) is 3.52. The summed E-state index contributed by atoms with van der Waals surface area (Å²) in [5.74, 6) is 0. The topological polar surface area (TPSA) is 17.3 Å². The van der Waals surface area contributed by atoms with E-state index in [4.69, 9.17) is 0 Å². The van der Waals surface area contributed by atoms with Gasteiger partial charge in [-0.1, -0.05) is 36.4 Å². The molecule has 1 heterocycles. The molecule has 0 unspecified atom stereocenters. The minimum absolute atomic E-state index is 0. The van der Waals surface area contributed by atoms with E-state index >= 15 is 0 Å². The molecule has 0 atom stereocenters. The van der Waals surface area contributed by atoms with Crippen molar-refractivity contribution in [2.24, 2.45) is 4.99 Å². The average molecular weight is 331 g/mol. The van der Waals surface area contributed by atoms with Gasteiger partial charge in [-0.3, -0.25) is 0 Å². The maximum absolute atomic E-state index is 4.61. The Hall–Kier alpha value is -1.07. The van der Waals surface area contributed by atoms with Crippen LogP contribution in [0.3, 0.4) is 0 Å². The molecule has 0 aliphatic carbocycles. The fourth-order valence-corrected chi connectivity index (χ4v) is 3.23. The average Bonchev–Trinajstić information content (AvgIpc) is 2.37. The van der Waals surface area contributed by atoms with Crippen LogP contribution in [0.4, 0.5) is 5.69 Å². The zero-order valence-electron chi connectivity index (χ0n) is 9.80. The van der Waals surface area contributed by atoms with Gasteiger partial charge in [0.25, 0.3) is 0 Å². The smallest absolute Gasteiger partial charge is 0.216 e. The Balaban J connectivity index is 0.000000902. The van der Waals surface area contributed by atoms with E-state index in [9.17, 15) is 0 Å². The number of hydrogen-bond acceptors (Lipinski definition) is 3. The fourth-order valence-electron chi connectivity index (χ4n) is 1.50. The third-order valence-corrected chi connectivity index (χ3v) is 4.60. The number of para-hydroxylation sites is 2. The molecule has 19 heavy (non-hydrogen) atoms. The van der Waals surface area contributed by atoms with Crippen molar-refractivity contribution in [1.29, 1.82) is 0 Å². The van der Waals surface area contributed by atoms with Crippen molar-refractivity contribution in [3.8, 4) is 5.69 Å². The lowest BCUT2D eigenvalue weighted by atomic mass is 10.3. The predicted octanol–water partition coefficient (Wildman–Crippen LogP) is 4.68. The quantitative estimate of drug-likeness (QED) is 0.607. The summed E-state index contributed by atoms with van der Waals surface area (Å²) in [6, 6.07) is 20.3. The fraction of sp³-hybridized carbons (Fsp3) is 0. The van der Waals surface area contributed by atoms with E-state index in [1.54, 1.807) is 20.9 Å². The van der Waals surface area contributed by atoms with Gasteiger partial charge in [-0.2, -0.15) is 0 Å². The first kappa shape index (κ1) is 16.0. The van der Waals surface area contributed by atoms with E-state index in [1.165, 1.54) is 5.69 Å². The first-order valence-corrected chi connectivity index (χ1v) is 7.38. The van der Waals surface area contributed by atoms with E-state index in [1.807, 2.05) is 48.5 Å². The molecule has 1 aromatic heterocycles. The molecule has 0 aliphatic rings. The van der Waals surface area contributed by atoms with E-state index in [-0.39, 0.29) is 24.8 Å². The van der Waals surface area contributed by atoms with Gasteiger partial charge in [0.1, 0.15) is 0 Å². The van der Waals surface area contributed by atoms with Gasteiger partial charge in [0.05, 0.1) is 11.4 Å². The lowest BCUT2D eigenvalue weighted by Gasteiger charge is -2.07. The first-order chi connectivity index (χ1) is 8.43. The molecule has 3 rings (SSSR count). The molecule has 0 spiro atoms. The molecule has 2 aromatic carbocycles. The van der Waals surface area contributed by atoms with Crippen LogP contribution in [-0.2, 0) is 0 Å². The van der Waals surface area contributed by atoms with Crippen LogP contribution >= 0.6 is 45.7 Å². The molecule has 0 saturated heterocycles. The van der Waals surface area contributed by atoms with Crippen molar-refractivity contribution in [2.75, 3.05) is 0 Å². The van der Waals surface area contributed by atoms with Crippen LogP contribution in [0.1, 0.15) is 0 Å². The molecule has 6 heteroatoms. The summed E-state index contributed by atoms with van der Waals surface area (Å²) in [6.07, 6.45) is 0. The molecule has 0 amide bonds. The highest BCUT2D eigenvalue weighted by molar-refractivity contribution is 7.68. The minimum Gasteiger partial charge on any atom is -0.231 e. The minimum atomic E-state index is 0. The van der Waals surface area contributed by atoms with Crippen LogP contribution in [-0.4, -0.2) is 3.96 Å². The second kappa shape index (κ2) is 7.50. The summed E-state index contributed by atoms with van der Waals surface area (Å²) in [4.78, 5) is 5.64. The molecule has 3 aromatic rings. The van der Waals surface area contributed by atoms with Crippen molar-refractivity contribution in [3.63, 3.8) is 0 Å². The number of hydrogen-bond donors (Lipinski definition) is 0.